The van der Waals surface area contributed by atoms with E-state index in [9.17, 15) is 21.6 Å². The van der Waals surface area contributed by atoms with Gasteiger partial charge < -0.3 is 0 Å². The average molecular weight is 367 g/mol. The summed E-state index contributed by atoms with van der Waals surface area (Å²) in [4.78, 5) is 2.61. The highest BCUT2D eigenvalue weighted by molar-refractivity contribution is 7.92. The van der Waals surface area contributed by atoms with Gasteiger partial charge >= 0.3 is 6.18 Å². The van der Waals surface area contributed by atoms with Crippen LogP contribution < -0.4 is 4.83 Å². The lowest BCUT2D eigenvalue weighted by atomic mass is 10.1. The Bertz CT molecular complexity index is 969. The van der Waals surface area contributed by atoms with Crippen molar-refractivity contribution in [3.05, 3.63) is 72.4 Å². The van der Waals surface area contributed by atoms with Crippen molar-refractivity contribution in [1.82, 2.24) is 9.89 Å². The topological polar surface area (TPSA) is 64.0 Å². The van der Waals surface area contributed by atoms with Crippen LogP contribution >= 0.6 is 0 Å². The molecule has 0 saturated heterocycles. The molecule has 0 saturated carbocycles. The van der Waals surface area contributed by atoms with Crippen molar-refractivity contribution in [2.45, 2.75) is 11.1 Å². The standard InChI is InChI=1S/C16H12F3N3O2S/c17-16(18,19)15-11-14(12-7-3-1-4-8-12)22(20-15)21-25(23,24)13-9-5-2-6-10-13/h1-11,21H. The summed E-state index contributed by atoms with van der Waals surface area (Å²) < 4.78 is 63.8. The molecule has 25 heavy (non-hydrogen) atoms. The summed E-state index contributed by atoms with van der Waals surface area (Å²) in [6, 6.07) is 16.2. The number of benzene rings is 2. The maximum Gasteiger partial charge on any atom is 0.435 e. The van der Waals surface area contributed by atoms with Gasteiger partial charge in [0, 0.05) is 5.56 Å². The molecule has 0 radical (unpaired) electrons. The fourth-order valence-electron chi connectivity index (χ4n) is 2.17. The third-order valence-corrected chi connectivity index (χ3v) is 4.64. The van der Waals surface area contributed by atoms with Crippen LogP contribution in [-0.4, -0.2) is 18.3 Å². The fourth-order valence-corrected chi connectivity index (χ4v) is 3.16. The predicted molar refractivity (Wildman–Crippen MR) is 85.7 cm³/mol. The van der Waals surface area contributed by atoms with Crippen molar-refractivity contribution in [2.75, 3.05) is 4.83 Å². The number of nitrogens with zero attached hydrogens (tertiary/aromatic N) is 2. The summed E-state index contributed by atoms with van der Waals surface area (Å²) >= 11 is 0. The molecule has 0 amide bonds. The van der Waals surface area contributed by atoms with Crippen LogP contribution in [0.1, 0.15) is 5.69 Å². The van der Waals surface area contributed by atoms with Gasteiger partial charge in [0.15, 0.2) is 5.69 Å². The highest BCUT2D eigenvalue weighted by Crippen LogP contribution is 2.31. The Kier molecular flexibility index (Phi) is 4.25. The zero-order valence-electron chi connectivity index (χ0n) is 12.6. The SMILES string of the molecule is O=S(=O)(Nn1nc(C(F)(F)F)cc1-c1ccccc1)c1ccccc1. The quantitative estimate of drug-likeness (QED) is 0.768. The first-order valence-electron chi connectivity index (χ1n) is 7.08. The highest BCUT2D eigenvalue weighted by atomic mass is 32.2. The molecule has 3 rings (SSSR count). The van der Waals surface area contributed by atoms with E-state index in [2.05, 4.69) is 9.93 Å². The largest absolute Gasteiger partial charge is 0.435 e. The third kappa shape index (κ3) is 3.66. The highest BCUT2D eigenvalue weighted by Gasteiger charge is 2.35. The molecule has 9 heteroatoms. The molecule has 130 valence electrons. The fraction of sp³-hybridized carbons (Fsp3) is 0.0625. The molecular formula is C16H12F3N3O2S. The molecule has 3 aromatic rings. The van der Waals surface area contributed by atoms with Crippen LogP contribution in [0.4, 0.5) is 13.2 Å². The molecule has 1 aromatic heterocycles. The number of alkyl halides is 3. The van der Waals surface area contributed by atoms with E-state index in [-0.39, 0.29) is 10.6 Å². The van der Waals surface area contributed by atoms with E-state index in [0.29, 0.717) is 10.4 Å². The second kappa shape index (κ2) is 6.25. The molecule has 2 aromatic carbocycles. The molecule has 0 bridgehead atoms. The predicted octanol–water partition coefficient (Wildman–Crippen LogP) is 3.50. The average Bonchev–Trinajstić information content (AvgIpc) is 3.00. The summed E-state index contributed by atoms with van der Waals surface area (Å²) in [5.41, 5.74) is -0.823. The maximum absolute atomic E-state index is 13.0. The van der Waals surface area contributed by atoms with Crippen LogP contribution in [0.15, 0.2) is 71.6 Å². The van der Waals surface area contributed by atoms with Gasteiger partial charge in [0.2, 0.25) is 0 Å². The van der Waals surface area contributed by atoms with Crippen molar-refractivity contribution in [2.24, 2.45) is 0 Å². The lowest BCUT2D eigenvalue weighted by molar-refractivity contribution is -0.141. The Balaban J connectivity index is 2.08. The van der Waals surface area contributed by atoms with Crippen molar-refractivity contribution in [3.63, 3.8) is 0 Å². The van der Waals surface area contributed by atoms with Crippen LogP contribution in [0.25, 0.3) is 11.3 Å². The zero-order chi connectivity index (χ0) is 18.1. The van der Waals surface area contributed by atoms with Crippen molar-refractivity contribution in [1.29, 1.82) is 0 Å². The monoisotopic (exact) mass is 367 g/mol. The summed E-state index contributed by atoms with van der Waals surface area (Å²) in [6.07, 6.45) is -4.70. The molecule has 1 heterocycles. The molecule has 0 aliphatic rings. The zero-order valence-corrected chi connectivity index (χ0v) is 13.4. The van der Waals surface area contributed by atoms with Gasteiger partial charge in [-0.2, -0.15) is 31.2 Å². The molecule has 5 nitrogen and oxygen atoms in total. The Morgan fingerprint density at radius 3 is 2.04 bits per heavy atom. The molecule has 0 atom stereocenters. The summed E-state index contributed by atoms with van der Waals surface area (Å²) in [6.45, 7) is 0. The van der Waals surface area contributed by atoms with E-state index in [0.717, 1.165) is 6.07 Å². The van der Waals surface area contributed by atoms with Crippen LogP contribution in [0, 0.1) is 0 Å². The molecule has 0 spiro atoms. The van der Waals surface area contributed by atoms with Gasteiger partial charge in [-0.3, -0.25) is 0 Å². The Labute approximate surface area is 141 Å². The number of hydrogen-bond acceptors (Lipinski definition) is 3. The number of hydrogen-bond donors (Lipinski definition) is 1. The number of aromatic nitrogens is 2. The maximum atomic E-state index is 13.0. The molecule has 0 fully saturated rings. The lowest BCUT2D eigenvalue weighted by Gasteiger charge is -2.11. The van der Waals surface area contributed by atoms with Crippen molar-refractivity contribution in [3.8, 4) is 11.3 Å². The summed E-state index contributed by atoms with van der Waals surface area (Å²) in [5, 5.41) is 3.37. The lowest BCUT2D eigenvalue weighted by Crippen LogP contribution is -2.25. The van der Waals surface area contributed by atoms with Crippen molar-refractivity contribution < 1.29 is 21.6 Å². The molecule has 0 aliphatic carbocycles. The Morgan fingerprint density at radius 1 is 0.920 bits per heavy atom. The number of halogens is 3. The smallest absolute Gasteiger partial charge is 0.200 e. The minimum atomic E-state index is -4.70. The van der Waals surface area contributed by atoms with Crippen LogP contribution in [0.2, 0.25) is 0 Å². The van der Waals surface area contributed by atoms with E-state index < -0.39 is 21.9 Å². The van der Waals surface area contributed by atoms with Gasteiger partial charge in [0.05, 0.1) is 10.6 Å². The first-order chi connectivity index (χ1) is 11.8. The molecule has 0 aliphatic heterocycles. The first-order valence-corrected chi connectivity index (χ1v) is 8.56. The minimum Gasteiger partial charge on any atom is -0.200 e. The Morgan fingerprint density at radius 2 is 1.48 bits per heavy atom. The molecular weight excluding hydrogens is 355 g/mol. The van der Waals surface area contributed by atoms with E-state index >= 15 is 0 Å². The first kappa shape index (κ1) is 17.0. The van der Waals surface area contributed by atoms with E-state index in [1.165, 1.54) is 24.3 Å². The van der Waals surface area contributed by atoms with Gasteiger partial charge in [-0.25, -0.2) is 0 Å². The normalized spacial score (nSPS) is 12.1. The third-order valence-electron chi connectivity index (χ3n) is 3.33. The Hall–Kier alpha value is -2.81. The van der Waals surface area contributed by atoms with Crippen LogP contribution in [-0.2, 0) is 16.2 Å². The summed E-state index contributed by atoms with van der Waals surface area (Å²) in [7, 11) is -4.09. The number of sulfonamides is 1. The van der Waals surface area contributed by atoms with Gasteiger partial charge in [-0.05, 0) is 18.2 Å². The van der Waals surface area contributed by atoms with Gasteiger partial charge in [-0.1, -0.05) is 48.5 Å². The number of nitrogens with one attached hydrogen (secondary N) is 1. The molecule has 1 N–H and O–H groups in total. The number of rotatable bonds is 4. The minimum absolute atomic E-state index is 0.0209. The van der Waals surface area contributed by atoms with E-state index in [1.807, 2.05) is 0 Å². The van der Waals surface area contributed by atoms with Gasteiger partial charge in [-0.15, -0.1) is 5.10 Å². The van der Waals surface area contributed by atoms with E-state index in [1.54, 1.807) is 36.4 Å². The van der Waals surface area contributed by atoms with E-state index in [4.69, 9.17) is 0 Å². The second-order valence-electron chi connectivity index (χ2n) is 5.10. The second-order valence-corrected chi connectivity index (χ2v) is 6.76. The van der Waals surface area contributed by atoms with Crippen molar-refractivity contribution >= 4 is 10.0 Å². The van der Waals surface area contributed by atoms with Gasteiger partial charge in [0.1, 0.15) is 0 Å². The van der Waals surface area contributed by atoms with Gasteiger partial charge in [0.25, 0.3) is 10.0 Å². The van der Waals surface area contributed by atoms with Crippen LogP contribution in [0.5, 0.6) is 0 Å². The van der Waals surface area contributed by atoms with Crippen LogP contribution in [0.3, 0.4) is 0 Å². The summed E-state index contributed by atoms with van der Waals surface area (Å²) in [5.74, 6) is 0. The molecule has 0 unspecified atom stereocenters.